The van der Waals surface area contributed by atoms with Crippen LogP contribution in [0.15, 0.2) is 17.6 Å². The van der Waals surface area contributed by atoms with E-state index < -0.39 is 0 Å². The Morgan fingerprint density at radius 3 is 1.94 bits per heavy atom. The van der Waals surface area contributed by atoms with Gasteiger partial charge in [0.15, 0.2) is 0 Å². The molecule has 1 amide bonds. The zero-order chi connectivity index (χ0) is 13.5. The van der Waals surface area contributed by atoms with Gasteiger partial charge in [-0.2, -0.15) is 0 Å². The number of rotatable bonds is 12. The summed E-state index contributed by atoms with van der Waals surface area (Å²) in [5.74, 6) is -0.234. The van der Waals surface area contributed by atoms with Gasteiger partial charge < -0.3 is 0 Å². The minimum atomic E-state index is -0.234. The van der Waals surface area contributed by atoms with Crippen LogP contribution >= 0.6 is 0 Å². The minimum Gasteiger partial charge on any atom is -0.268 e. The second-order valence-corrected chi connectivity index (χ2v) is 4.82. The molecule has 0 spiro atoms. The maximum atomic E-state index is 10.8. The molecule has 0 rings (SSSR count). The topological polar surface area (TPSA) is 29.4 Å². The third kappa shape index (κ3) is 13.1. The fourth-order valence-electron chi connectivity index (χ4n) is 1.93. The fraction of sp³-hybridized carbons (Fsp3) is 0.750. The summed E-state index contributed by atoms with van der Waals surface area (Å²) >= 11 is 0. The molecular weight excluding hydrogens is 222 g/mol. The summed E-state index contributed by atoms with van der Waals surface area (Å²) < 4.78 is 0. The number of carbonyl (C=O) groups excluding carboxylic acids is 1. The molecule has 0 fully saturated rings. The summed E-state index contributed by atoms with van der Waals surface area (Å²) in [5, 5.41) is 0. The van der Waals surface area contributed by atoms with Gasteiger partial charge in [-0.05, 0) is 18.9 Å². The van der Waals surface area contributed by atoms with Crippen LogP contribution < -0.4 is 0 Å². The van der Waals surface area contributed by atoms with Crippen LogP contribution in [0.4, 0.5) is 0 Å². The van der Waals surface area contributed by atoms with Gasteiger partial charge in [-0.3, -0.25) is 4.79 Å². The van der Waals surface area contributed by atoms with Crippen molar-refractivity contribution in [3.05, 3.63) is 12.7 Å². The van der Waals surface area contributed by atoms with Gasteiger partial charge in [0, 0.05) is 6.21 Å². The Morgan fingerprint density at radius 1 is 0.944 bits per heavy atom. The number of hydrogen-bond donors (Lipinski definition) is 0. The Labute approximate surface area is 113 Å². The van der Waals surface area contributed by atoms with Crippen molar-refractivity contribution in [1.29, 1.82) is 0 Å². The molecule has 0 heterocycles. The smallest absolute Gasteiger partial charge is 0.268 e. The van der Waals surface area contributed by atoms with Crippen LogP contribution in [0.2, 0.25) is 0 Å². The van der Waals surface area contributed by atoms with Gasteiger partial charge in [-0.1, -0.05) is 71.3 Å². The van der Waals surface area contributed by atoms with Crippen molar-refractivity contribution in [1.82, 2.24) is 0 Å². The molecule has 0 aromatic heterocycles. The fourth-order valence-corrected chi connectivity index (χ4v) is 1.93. The van der Waals surface area contributed by atoms with Crippen molar-refractivity contribution in [3.8, 4) is 0 Å². The average Bonchev–Trinajstić information content (AvgIpc) is 2.39. The van der Waals surface area contributed by atoms with Crippen molar-refractivity contribution in [2.24, 2.45) is 4.99 Å². The van der Waals surface area contributed by atoms with E-state index in [1.54, 1.807) is 6.21 Å². The van der Waals surface area contributed by atoms with Gasteiger partial charge in [0.25, 0.3) is 5.91 Å². The molecule has 0 atom stereocenters. The van der Waals surface area contributed by atoms with Crippen LogP contribution in [-0.2, 0) is 4.79 Å². The van der Waals surface area contributed by atoms with E-state index in [1.165, 1.54) is 63.9 Å². The highest BCUT2D eigenvalue weighted by atomic mass is 16.1. The maximum Gasteiger partial charge on any atom is 0.268 e. The number of hydrogen-bond acceptors (Lipinski definition) is 1. The molecule has 0 saturated heterocycles. The van der Waals surface area contributed by atoms with Crippen LogP contribution in [0.1, 0.15) is 77.6 Å². The van der Waals surface area contributed by atoms with Crippen molar-refractivity contribution >= 4 is 12.1 Å². The first-order valence-electron chi connectivity index (χ1n) is 7.50. The Morgan fingerprint density at radius 2 is 1.44 bits per heavy atom. The number of carbonyl (C=O) groups is 1. The van der Waals surface area contributed by atoms with E-state index in [0.717, 1.165) is 12.8 Å². The van der Waals surface area contributed by atoms with Crippen molar-refractivity contribution < 1.29 is 4.79 Å². The lowest BCUT2D eigenvalue weighted by Gasteiger charge is -2.01. The van der Waals surface area contributed by atoms with E-state index in [0.29, 0.717) is 0 Å². The zero-order valence-electron chi connectivity index (χ0n) is 12.0. The second kappa shape index (κ2) is 14.1. The summed E-state index contributed by atoms with van der Waals surface area (Å²) in [6, 6.07) is 0. The summed E-state index contributed by atoms with van der Waals surface area (Å²) in [6.45, 7) is 5.63. The molecule has 0 saturated carbocycles. The lowest BCUT2D eigenvalue weighted by atomic mass is 10.1. The Bertz CT molecular complexity index is 233. The van der Waals surface area contributed by atoms with Crippen LogP contribution in [0.5, 0.6) is 0 Å². The Kier molecular flexibility index (Phi) is 13.4. The molecule has 2 heteroatoms. The predicted molar refractivity (Wildman–Crippen MR) is 80.2 cm³/mol. The lowest BCUT2D eigenvalue weighted by Crippen LogP contribution is -1.87. The molecule has 0 aromatic carbocycles. The van der Waals surface area contributed by atoms with Crippen LogP contribution in [0, 0.1) is 0 Å². The standard InChI is InChI=1S/C16H29NO/c1-3-5-6-7-8-9-10-11-12-13-14-15-17-16(18)4-2/h4,15H,2-3,5-14H2,1H3. The highest BCUT2D eigenvalue weighted by molar-refractivity contribution is 5.92. The van der Waals surface area contributed by atoms with Crippen LogP contribution in [-0.4, -0.2) is 12.1 Å². The van der Waals surface area contributed by atoms with E-state index >= 15 is 0 Å². The van der Waals surface area contributed by atoms with E-state index in [9.17, 15) is 4.79 Å². The molecular formula is C16H29NO. The Hall–Kier alpha value is -0.920. The largest absolute Gasteiger partial charge is 0.268 e. The number of amides is 1. The van der Waals surface area contributed by atoms with Crippen molar-refractivity contribution in [2.45, 2.75) is 77.6 Å². The monoisotopic (exact) mass is 251 g/mol. The molecule has 0 unspecified atom stereocenters. The molecule has 0 aliphatic rings. The van der Waals surface area contributed by atoms with Crippen molar-refractivity contribution in [2.75, 3.05) is 0 Å². The van der Waals surface area contributed by atoms with E-state index in [1.807, 2.05) is 0 Å². The molecule has 0 aliphatic heterocycles. The normalized spacial score (nSPS) is 10.9. The molecule has 0 radical (unpaired) electrons. The lowest BCUT2D eigenvalue weighted by molar-refractivity contribution is -0.113. The molecule has 104 valence electrons. The van der Waals surface area contributed by atoms with Crippen LogP contribution in [0.3, 0.4) is 0 Å². The van der Waals surface area contributed by atoms with Gasteiger partial charge in [-0.25, -0.2) is 4.99 Å². The van der Waals surface area contributed by atoms with Gasteiger partial charge >= 0.3 is 0 Å². The highest BCUT2D eigenvalue weighted by Gasteiger charge is 1.92. The molecule has 0 aliphatic carbocycles. The first kappa shape index (κ1) is 17.1. The number of aliphatic imine (C=N–C) groups is 1. The average molecular weight is 251 g/mol. The van der Waals surface area contributed by atoms with Gasteiger partial charge in [0.1, 0.15) is 0 Å². The predicted octanol–water partition coefficient (Wildman–Crippen LogP) is 5.08. The first-order chi connectivity index (χ1) is 8.81. The summed E-state index contributed by atoms with van der Waals surface area (Å²) in [5.41, 5.74) is 0. The van der Waals surface area contributed by atoms with E-state index in [-0.39, 0.29) is 5.91 Å². The third-order valence-electron chi connectivity index (χ3n) is 3.08. The quantitative estimate of drug-likeness (QED) is 0.270. The van der Waals surface area contributed by atoms with Crippen molar-refractivity contribution in [3.63, 3.8) is 0 Å². The summed E-state index contributed by atoms with van der Waals surface area (Å²) in [7, 11) is 0. The van der Waals surface area contributed by atoms with Gasteiger partial charge in [-0.15, -0.1) is 0 Å². The molecule has 0 aromatic rings. The Balaban J connectivity index is 3.09. The summed E-state index contributed by atoms with van der Waals surface area (Å²) in [6.07, 6.45) is 17.3. The van der Waals surface area contributed by atoms with Crippen LogP contribution in [0.25, 0.3) is 0 Å². The first-order valence-corrected chi connectivity index (χ1v) is 7.50. The molecule has 0 N–H and O–H groups in total. The van der Waals surface area contributed by atoms with Gasteiger partial charge in [0.05, 0.1) is 0 Å². The van der Waals surface area contributed by atoms with Gasteiger partial charge in [0.2, 0.25) is 0 Å². The number of nitrogens with zero attached hydrogens (tertiary/aromatic N) is 1. The molecule has 0 bridgehead atoms. The summed E-state index contributed by atoms with van der Waals surface area (Å²) in [4.78, 5) is 14.5. The number of unbranched alkanes of at least 4 members (excludes halogenated alkanes) is 10. The van der Waals surface area contributed by atoms with E-state index in [4.69, 9.17) is 0 Å². The maximum absolute atomic E-state index is 10.8. The zero-order valence-corrected chi connectivity index (χ0v) is 12.0. The molecule has 2 nitrogen and oxygen atoms in total. The minimum absolute atomic E-state index is 0.234. The molecule has 18 heavy (non-hydrogen) atoms. The second-order valence-electron chi connectivity index (χ2n) is 4.82. The third-order valence-corrected chi connectivity index (χ3v) is 3.08. The highest BCUT2D eigenvalue weighted by Crippen LogP contribution is 2.10. The SMILES string of the molecule is C=CC(=O)N=CCCCCCCCCCCCC. The van der Waals surface area contributed by atoms with E-state index in [2.05, 4.69) is 18.5 Å².